The Kier molecular flexibility index (Phi) is 7.87. The van der Waals surface area contributed by atoms with Gasteiger partial charge in [-0.3, -0.25) is 14.4 Å². The number of nitrogens with one attached hydrogen (secondary N) is 1. The van der Waals surface area contributed by atoms with Crippen LogP contribution in [0.5, 0.6) is 5.75 Å². The maximum atomic E-state index is 13.1. The summed E-state index contributed by atoms with van der Waals surface area (Å²) in [7, 11) is 0. The number of hydrogen-bond acceptors (Lipinski definition) is 7. The molecule has 33 heavy (non-hydrogen) atoms. The van der Waals surface area contributed by atoms with E-state index in [0.717, 1.165) is 18.6 Å². The minimum atomic E-state index is -0.176. The molecular weight excluding hydrogens is 442 g/mol. The SMILES string of the molecule is O=C(Nc1nncs1)C1CCN(C(=O)C2CCCN(C(=O)CCOc3ccccc3)C2)CC1. The fourth-order valence-corrected chi connectivity index (χ4v) is 4.84. The Labute approximate surface area is 197 Å². The van der Waals surface area contributed by atoms with Crippen molar-refractivity contribution in [3.8, 4) is 5.75 Å². The van der Waals surface area contributed by atoms with E-state index in [-0.39, 0.29) is 29.6 Å². The maximum Gasteiger partial charge on any atom is 0.229 e. The second-order valence-corrected chi connectivity index (χ2v) is 9.26. The van der Waals surface area contributed by atoms with Crippen LogP contribution in [-0.4, -0.2) is 70.5 Å². The molecule has 3 amide bonds. The Bertz CT molecular complexity index is 932. The van der Waals surface area contributed by atoms with Crippen molar-refractivity contribution in [1.82, 2.24) is 20.0 Å². The van der Waals surface area contributed by atoms with Gasteiger partial charge in [-0.1, -0.05) is 29.5 Å². The lowest BCUT2D eigenvalue weighted by Crippen LogP contribution is -2.49. The summed E-state index contributed by atoms with van der Waals surface area (Å²) in [6, 6.07) is 9.43. The molecule has 2 aromatic rings. The highest BCUT2D eigenvalue weighted by Gasteiger charge is 2.34. The van der Waals surface area contributed by atoms with Crippen LogP contribution in [-0.2, 0) is 14.4 Å². The lowest BCUT2D eigenvalue weighted by Gasteiger charge is -2.37. The van der Waals surface area contributed by atoms with E-state index >= 15 is 0 Å². The molecular formula is C23H29N5O4S. The van der Waals surface area contributed by atoms with Crippen molar-refractivity contribution in [2.45, 2.75) is 32.1 Å². The second kappa shape index (κ2) is 11.2. The van der Waals surface area contributed by atoms with E-state index in [2.05, 4.69) is 15.5 Å². The fourth-order valence-electron chi connectivity index (χ4n) is 4.39. The quantitative estimate of drug-likeness (QED) is 0.665. The summed E-state index contributed by atoms with van der Waals surface area (Å²) in [5.41, 5.74) is 1.57. The van der Waals surface area contributed by atoms with Gasteiger partial charge in [0.2, 0.25) is 22.9 Å². The molecule has 1 N–H and O–H groups in total. The van der Waals surface area contributed by atoms with Crippen molar-refractivity contribution in [3.63, 3.8) is 0 Å². The zero-order chi connectivity index (χ0) is 23.0. The maximum absolute atomic E-state index is 13.1. The molecule has 10 heteroatoms. The van der Waals surface area contributed by atoms with E-state index in [1.165, 1.54) is 11.3 Å². The van der Waals surface area contributed by atoms with Gasteiger partial charge < -0.3 is 19.9 Å². The smallest absolute Gasteiger partial charge is 0.229 e. The van der Waals surface area contributed by atoms with Crippen molar-refractivity contribution in [3.05, 3.63) is 35.8 Å². The lowest BCUT2D eigenvalue weighted by atomic mass is 9.92. The number of aromatic nitrogens is 2. The highest BCUT2D eigenvalue weighted by Crippen LogP contribution is 2.25. The first-order valence-electron chi connectivity index (χ1n) is 11.4. The Morgan fingerprint density at radius 1 is 1.03 bits per heavy atom. The van der Waals surface area contributed by atoms with Crippen molar-refractivity contribution in [2.75, 3.05) is 38.1 Å². The van der Waals surface area contributed by atoms with Gasteiger partial charge in [0.15, 0.2) is 0 Å². The van der Waals surface area contributed by atoms with Gasteiger partial charge >= 0.3 is 0 Å². The second-order valence-electron chi connectivity index (χ2n) is 8.42. The molecule has 0 saturated carbocycles. The molecule has 3 heterocycles. The molecule has 1 aromatic heterocycles. The average molecular weight is 472 g/mol. The minimum absolute atomic E-state index is 0.0236. The highest BCUT2D eigenvalue weighted by atomic mass is 32.1. The normalized spacial score (nSPS) is 19.2. The van der Waals surface area contributed by atoms with Crippen molar-refractivity contribution in [2.24, 2.45) is 11.8 Å². The number of nitrogens with zero attached hydrogens (tertiary/aromatic N) is 4. The summed E-state index contributed by atoms with van der Waals surface area (Å²) >= 11 is 1.29. The minimum Gasteiger partial charge on any atom is -0.493 e. The molecule has 0 radical (unpaired) electrons. The Hall–Kier alpha value is -3.01. The monoisotopic (exact) mass is 471 g/mol. The Morgan fingerprint density at radius 2 is 1.82 bits per heavy atom. The molecule has 1 atom stereocenters. The molecule has 1 unspecified atom stereocenters. The fraction of sp³-hybridized carbons (Fsp3) is 0.522. The molecule has 2 fully saturated rings. The predicted molar refractivity (Wildman–Crippen MR) is 124 cm³/mol. The standard InChI is InChI=1S/C23H29N5O4S/c29-20(10-14-32-19-6-2-1-3-7-19)28-11-4-5-18(15-28)22(31)27-12-8-17(9-13-27)21(30)25-23-26-24-16-33-23/h1-3,6-7,16-18H,4-5,8-15H2,(H,25,26,30). The third-order valence-electron chi connectivity index (χ3n) is 6.22. The van der Waals surface area contributed by atoms with E-state index in [1.807, 2.05) is 35.2 Å². The Balaban J connectivity index is 1.20. The number of amides is 3. The van der Waals surface area contributed by atoms with Gasteiger partial charge in [-0.05, 0) is 37.8 Å². The lowest BCUT2D eigenvalue weighted by molar-refractivity contribution is -0.143. The summed E-state index contributed by atoms with van der Waals surface area (Å²) in [5.74, 6) is 0.492. The van der Waals surface area contributed by atoms with Crippen LogP contribution in [0, 0.1) is 11.8 Å². The number of carbonyl (C=O) groups is 3. The topological polar surface area (TPSA) is 105 Å². The van der Waals surface area contributed by atoms with Gasteiger partial charge in [0, 0.05) is 32.1 Å². The van der Waals surface area contributed by atoms with E-state index in [1.54, 1.807) is 10.4 Å². The zero-order valence-electron chi connectivity index (χ0n) is 18.5. The first-order valence-corrected chi connectivity index (χ1v) is 12.3. The van der Waals surface area contributed by atoms with Gasteiger partial charge in [0.1, 0.15) is 11.3 Å². The van der Waals surface area contributed by atoms with Gasteiger partial charge in [0.25, 0.3) is 0 Å². The molecule has 0 spiro atoms. The summed E-state index contributed by atoms with van der Waals surface area (Å²) in [5, 5.41) is 10.9. The van der Waals surface area contributed by atoms with Crippen LogP contribution in [0.15, 0.2) is 35.8 Å². The van der Waals surface area contributed by atoms with Gasteiger partial charge in [0.05, 0.1) is 18.9 Å². The largest absolute Gasteiger partial charge is 0.493 e. The number of hydrogen-bond donors (Lipinski definition) is 1. The average Bonchev–Trinajstić information content (AvgIpc) is 3.37. The van der Waals surface area contributed by atoms with Crippen LogP contribution in [0.4, 0.5) is 5.13 Å². The highest BCUT2D eigenvalue weighted by molar-refractivity contribution is 7.13. The first-order chi connectivity index (χ1) is 16.1. The molecule has 0 aliphatic carbocycles. The molecule has 9 nitrogen and oxygen atoms in total. The first kappa shape index (κ1) is 23.2. The summed E-state index contributed by atoms with van der Waals surface area (Å²) in [6.07, 6.45) is 3.17. The van der Waals surface area contributed by atoms with Crippen molar-refractivity contribution < 1.29 is 19.1 Å². The number of benzene rings is 1. The van der Waals surface area contributed by atoms with Crippen LogP contribution in [0.25, 0.3) is 0 Å². The number of para-hydroxylation sites is 1. The number of rotatable bonds is 7. The van der Waals surface area contributed by atoms with Crippen LogP contribution >= 0.6 is 11.3 Å². The van der Waals surface area contributed by atoms with E-state index in [4.69, 9.17) is 4.74 Å². The Morgan fingerprint density at radius 3 is 2.55 bits per heavy atom. The van der Waals surface area contributed by atoms with Crippen molar-refractivity contribution >= 4 is 34.2 Å². The molecule has 176 valence electrons. The number of likely N-dealkylation sites (tertiary alicyclic amines) is 2. The molecule has 2 aliphatic heterocycles. The van der Waals surface area contributed by atoms with Gasteiger partial charge in [-0.25, -0.2) is 0 Å². The van der Waals surface area contributed by atoms with Crippen molar-refractivity contribution in [1.29, 1.82) is 0 Å². The van der Waals surface area contributed by atoms with Crippen LogP contribution in [0.2, 0.25) is 0 Å². The number of carbonyl (C=O) groups excluding carboxylic acids is 3. The summed E-state index contributed by atoms with van der Waals surface area (Å²) in [6.45, 7) is 2.58. The van der Waals surface area contributed by atoms with Crippen LogP contribution < -0.4 is 10.1 Å². The summed E-state index contributed by atoms with van der Waals surface area (Å²) in [4.78, 5) is 41.8. The van der Waals surface area contributed by atoms with Crippen LogP contribution in [0.1, 0.15) is 32.1 Å². The molecule has 1 aromatic carbocycles. The van der Waals surface area contributed by atoms with E-state index < -0.39 is 0 Å². The van der Waals surface area contributed by atoms with E-state index in [9.17, 15) is 14.4 Å². The third-order valence-corrected chi connectivity index (χ3v) is 6.83. The molecule has 2 aliphatic rings. The van der Waals surface area contributed by atoms with Crippen LogP contribution in [0.3, 0.4) is 0 Å². The molecule has 0 bridgehead atoms. The van der Waals surface area contributed by atoms with E-state index in [0.29, 0.717) is 57.2 Å². The number of piperidine rings is 2. The predicted octanol–water partition coefficient (Wildman–Crippen LogP) is 2.42. The zero-order valence-corrected chi connectivity index (χ0v) is 19.3. The molecule has 4 rings (SSSR count). The number of anilines is 1. The molecule has 2 saturated heterocycles. The summed E-state index contributed by atoms with van der Waals surface area (Å²) < 4.78 is 5.64. The third kappa shape index (κ3) is 6.28. The van der Waals surface area contributed by atoms with Gasteiger partial charge in [-0.15, -0.1) is 10.2 Å². The van der Waals surface area contributed by atoms with Gasteiger partial charge in [-0.2, -0.15) is 0 Å². The number of ether oxygens (including phenoxy) is 1.